The van der Waals surface area contributed by atoms with E-state index < -0.39 is 23.1 Å². The van der Waals surface area contributed by atoms with E-state index in [1.165, 1.54) is 18.2 Å². The molecule has 4 aromatic rings. The smallest absolute Gasteiger partial charge is 0.319 e. The van der Waals surface area contributed by atoms with E-state index in [1.54, 1.807) is 6.07 Å². The first-order valence-corrected chi connectivity index (χ1v) is 9.66. The highest BCUT2D eigenvalue weighted by Gasteiger charge is 2.18. The minimum absolute atomic E-state index is 0.0349. The second-order valence-electron chi connectivity index (χ2n) is 6.80. The highest BCUT2D eigenvalue weighted by molar-refractivity contribution is 5.92. The van der Waals surface area contributed by atoms with Gasteiger partial charge < -0.3 is 5.32 Å². The number of nitrogens with zero attached hydrogens (tertiary/aromatic N) is 4. The molecule has 0 atom stereocenters. The van der Waals surface area contributed by atoms with Gasteiger partial charge in [-0.2, -0.15) is 10.1 Å². The third-order valence-electron chi connectivity index (χ3n) is 4.64. The van der Waals surface area contributed by atoms with E-state index in [0.29, 0.717) is 17.0 Å². The summed E-state index contributed by atoms with van der Waals surface area (Å²) in [5.41, 5.74) is 1.36. The second-order valence-corrected chi connectivity index (χ2v) is 6.80. The van der Waals surface area contributed by atoms with E-state index in [4.69, 9.17) is 0 Å². The number of nitro groups is 1. The van der Waals surface area contributed by atoms with Gasteiger partial charge in [0, 0.05) is 17.2 Å². The van der Waals surface area contributed by atoms with Crippen LogP contribution in [0.3, 0.4) is 0 Å². The molecule has 0 bridgehead atoms. The molecule has 0 unspecified atom stereocenters. The van der Waals surface area contributed by atoms with Gasteiger partial charge in [0.2, 0.25) is 5.91 Å². The maximum absolute atomic E-state index is 12.7. The number of para-hydroxylation sites is 2. The van der Waals surface area contributed by atoms with E-state index in [0.717, 1.165) is 10.2 Å². The molecule has 1 aromatic heterocycles. The fourth-order valence-corrected chi connectivity index (χ4v) is 3.17. The van der Waals surface area contributed by atoms with Crippen LogP contribution in [0.5, 0.6) is 0 Å². The van der Waals surface area contributed by atoms with E-state index >= 15 is 0 Å². The summed E-state index contributed by atoms with van der Waals surface area (Å²) >= 11 is 0. The van der Waals surface area contributed by atoms with Crippen LogP contribution in [0.2, 0.25) is 0 Å². The third-order valence-corrected chi connectivity index (χ3v) is 4.64. The summed E-state index contributed by atoms with van der Waals surface area (Å²) < 4.78 is 0.943. The molecule has 9 heteroatoms. The van der Waals surface area contributed by atoms with Gasteiger partial charge in [0.25, 0.3) is 5.69 Å². The van der Waals surface area contributed by atoms with Crippen molar-refractivity contribution in [3.05, 3.63) is 106 Å². The molecule has 3 aromatic carbocycles. The zero-order chi connectivity index (χ0) is 22.5. The molecule has 1 N–H and O–H groups in total. The van der Waals surface area contributed by atoms with E-state index in [2.05, 4.69) is 15.4 Å². The zero-order valence-corrected chi connectivity index (χ0v) is 16.7. The summed E-state index contributed by atoms with van der Waals surface area (Å²) in [7, 11) is 0. The van der Waals surface area contributed by atoms with Crippen LogP contribution in [0, 0.1) is 10.1 Å². The molecule has 158 valence electrons. The van der Waals surface area contributed by atoms with Crippen LogP contribution in [-0.4, -0.2) is 25.6 Å². The average Bonchev–Trinajstić information content (AvgIpc) is 2.81. The minimum Gasteiger partial charge on any atom is -0.319 e. The Balaban J connectivity index is 1.70. The molecule has 0 aliphatic rings. The Morgan fingerprint density at radius 3 is 2.06 bits per heavy atom. The number of carbonyl (C=O) groups excluding carboxylic acids is 1. The van der Waals surface area contributed by atoms with Gasteiger partial charge in [0.15, 0.2) is 0 Å². The summed E-state index contributed by atoms with van der Waals surface area (Å²) in [6.45, 7) is -0.452. The monoisotopic (exact) mass is 427 g/mol. The van der Waals surface area contributed by atoms with Crippen molar-refractivity contribution in [1.29, 1.82) is 0 Å². The van der Waals surface area contributed by atoms with Gasteiger partial charge in [-0.05, 0) is 6.07 Å². The van der Waals surface area contributed by atoms with Gasteiger partial charge in [-0.15, -0.1) is 0 Å². The topological polar surface area (TPSA) is 120 Å². The number of nitrogens with one attached hydrogen (secondary N) is 1. The number of carbonyl (C=O) groups is 1. The van der Waals surface area contributed by atoms with E-state index in [1.807, 2.05) is 60.7 Å². The summed E-state index contributed by atoms with van der Waals surface area (Å²) in [6.07, 6.45) is 0. The van der Waals surface area contributed by atoms with Crippen molar-refractivity contribution in [2.75, 3.05) is 5.32 Å². The lowest BCUT2D eigenvalue weighted by Gasteiger charge is -2.12. The fraction of sp³-hybridized carbons (Fsp3) is 0.0435. The van der Waals surface area contributed by atoms with Gasteiger partial charge in [-0.25, -0.2) is 9.48 Å². The van der Waals surface area contributed by atoms with Crippen molar-refractivity contribution in [2.24, 2.45) is 0 Å². The first-order chi connectivity index (χ1) is 15.5. The summed E-state index contributed by atoms with van der Waals surface area (Å²) in [6, 6.07) is 24.1. The minimum atomic E-state index is -0.707. The molecule has 32 heavy (non-hydrogen) atoms. The number of hydrogen-bond donors (Lipinski definition) is 1. The predicted octanol–water partition coefficient (Wildman–Crippen LogP) is 3.52. The van der Waals surface area contributed by atoms with Crippen molar-refractivity contribution in [3.63, 3.8) is 0 Å². The molecule has 4 rings (SSSR count). The number of amides is 1. The lowest BCUT2D eigenvalue weighted by Crippen LogP contribution is -2.32. The number of nitro benzene ring substituents is 1. The van der Waals surface area contributed by atoms with Gasteiger partial charge >= 0.3 is 5.69 Å². The van der Waals surface area contributed by atoms with Gasteiger partial charge in [0.1, 0.15) is 23.6 Å². The Morgan fingerprint density at radius 2 is 1.44 bits per heavy atom. The molecule has 0 aliphatic carbocycles. The van der Waals surface area contributed by atoms with Crippen LogP contribution < -0.4 is 11.0 Å². The SMILES string of the molecule is O=C(Cn1nc(-c2ccccc2)c(-c2ccccc2)nc1=O)Nc1ccccc1[N+](=O)[O-]. The van der Waals surface area contributed by atoms with Crippen molar-refractivity contribution < 1.29 is 9.72 Å². The summed E-state index contributed by atoms with van der Waals surface area (Å²) in [5.74, 6) is -0.637. The van der Waals surface area contributed by atoms with Crippen LogP contribution in [0.4, 0.5) is 11.4 Å². The standard InChI is InChI=1S/C23H17N5O4/c29-20(24-18-13-7-8-14-19(18)28(31)32)15-27-23(30)25-21(16-9-3-1-4-10-16)22(26-27)17-11-5-2-6-12-17/h1-14H,15H2,(H,24,29). The van der Waals surface area contributed by atoms with Gasteiger partial charge in [-0.1, -0.05) is 72.8 Å². The molecule has 0 saturated heterocycles. The van der Waals surface area contributed by atoms with Crippen molar-refractivity contribution in [3.8, 4) is 22.5 Å². The maximum atomic E-state index is 12.7. The number of benzene rings is 3. The van der Waals surface area contributed by atoms with Crippen LogP contribution in [0.15, 0.2) is 89.7 Å². The van der Waals surface area contributed by atoms with Crippen LogP contribution in [0.1, 0.15) is 0 Å². The molecule has 1 amide bonds. The van der Waals surface area contributed by atoms with Crippen molar-refractivity contribution >= 4 is 17.3 Å². The zero-order valence-electron chi connectivity index (χ0n) is 16.7. The Hall–Kier alpha value is -4.66. The van der Waals surface area contributed by atoms with Gasteiger partial charge in [-0.3, -0.25) is 14.9 Å². The molecular weight excluding hydrogens is 410 g/mol. The normalized spacial score (nSPS) is 10.5. The highest BCUT2D eigenvalue weighted by atomic mass is 16.6. The predicted molar refractivity (Wildman–Crippen MR) is 119 cm³/mol. The maximum Gasteiger partial charge on any atom is 0.365 e. The van der Waals surface area contributed by atoms with Crippen molar-refractivity contribution in [1.82, 2.24) is 14.8 Å². The lowest BCUT2D eigenvalue weighted by atomic mass is 10.0. The molecule has 1 heterocycles. The largest absolute Gasteiger partial charge is 0.365 e. The van der Waals surface area contributed by atoms with Gasteiger partial charge in [0.05, 0.1) is 4.92 Å². The first kappa shape index (κ1) is 20.6. The molecule has 0 saturated carbocycles. The van der Waals surface area contributed by atoms with Crippen LogP contribution in [-0.2, 0) is 11.3 Å². The Kier molecular flexibility index (Phi) is 5.80. The molecular formula is C23H17N5O4. The Labute approximate surface area is 182 Å². The first-order valence-electron chi connectivity index (χ1n) is 9.66. The summed E-state index contributed by atoms with van der Waals surface area (Å²) in [5, 5.41) is 18.0. The second kappa shape index (κ2) is 9.00. The Morgan fingerprint density at radius 1 is 0.875 bits per heavy atom. The van der Waals surface area contributed by atoms with E-state index in [9.17, 15) is 19.7 Å². The summed E-state index contributed by atoms with van der Waals surface area (Å²) in [4.78, 5) is 40.0. The lowest BCUT2D eigenvalue weighted by molar-refractivity contribution is -0.383. The fourth-order valence-electron chi connectivity index (χ4n) is 3.17. The number of aromatic nitrogens is 3. The molecule has 0 radical (unpaired) electrons. The molecule has 0 spiro atoms. The van der Waals surface area contributed by atoms with Crippen molar-refractivity contribution in [2.45, 2.75) is 6.54 Å². The van der Waals surface area contributed by atoms with Crippen LogP contribution >= 0.6 is 0 Å². The Bertz CT molecular complexity index is 1340. The highest BCUT2D eigenvalue weighted by Crippen LogP contribution is 2.27. The number of rotatable bonds is 6. The average molecular weight is 427 g/mol. The molecule has 0 fully saturated rings. The number of hydrogen-bond acceptors (Lipinski definition) is 6. The number of anilines is 1. The van der Waals surface area contributed by atoms with E-state index in [-0.39, 0.29) is 11.4 Å². The van der Waals surface area contributed by atoms with Crippen LogP contribution in [0.25, 0.3) is 22.5 Å². The quantitative estimate of drug-likeness (QED) is 0.371. The molecule has 9 nitrogen and oxygen atoms in total. The molecule has 0 aliphatic heterocycles. The third kappa shape index (κ3) is 4.41.